The molecule has 0 bridgehead atoms. The second-order valence-electron chi connectivity index (χ2n) is 7.39. The lowest BCUT2D eigenvalue weighted by Crippen LogP contribution is -2.32. The minimum atomic E-state index is -0.408. The topological polar surface area (TPSA) is 58.6 Å². The number of amides is 2. The highest BCUT2D eigenvalue weighted by molar-refractivity contribution is 6.46. The SMILES string of the molecule is CCOc1ccccc1N1C(=O)C(Nc2ccc(C)c(C)c2)=C(c2ccccc2)C1=O. The van der Waals surface area contributed by atoms with Crippen molar-refractivity contribution in [2.24, 2.45) is 0 Å². The van der Waals surface area contributed by atoms with Gasteiger partial charge in [0.2, 0.25) is 0 Å². The van der Waals surface area contributed by atoms with Gasteiger partial charge in [-0.3, -0.25) is 9.59 Å². The van der Waals surface area contributed by atoms with E-state index in [1.165, 1.54) is 4.90 Å². The molecule has 3 aromatic rings. The highest BCUT2D eigenvalue weighted by Crippen LogP contribution is 2.37. The van der Waals surface area contributed by atoms with Gasteiger partial charge in [0.1, 0.15) is 11.4 Å². The molecule has 1 heterocycles. The number of ether oxygens (including phenoxy) is 1. The standard InChI is InChI=1S/C26H24N2O3/c1-4-31-22-13-9-8-12-21(22)28-25(29)23(19-10-6-5-7-11-19)24(26(28)30)27-20-15-14-17(2)18(3)16-20/h5-16,27H,4H2,1-3H3. The van der Waals surface area contributed by atoms with Crippen LogP contribution in [0.25, 0.3) is 5.57 Å². The van der Waals surface area contributed by atoms with Gasteiger partial charge in [-0.05, 0) is 61.7 Å². The number of rotatable bonds is 6. The molecule has 0 atom stereocenters. The predicted octanol–water partition coefficient (Wildman–Crippen LogP) is 5.10. The van der Waals surface area contributed by atoms with Crippen molar-refractivity contribution >= 4 is 28.8 Å². The lowest BCUT2D eigenvalue weighted by Gasteiger charge is -2.19. The van der Waals surface area contributed by atoms with Crippen molar-refractivity contribution in [1.82, 2.24) is 0 Å². The van der Waals surface area contributed by atoms with E-state index in [-0.39, 0.29) is 11.6 Å². The van der Waals surface area contributed by atoms with Crippen molar-refractivity contribution in [2.45, 2.75) is 20.8 Å². The zero-order valence-electron chi connectivity index (χ0n) is 17.8. The van der Waals surface area contributed by atoms with Gasteiger partial charge in [-0.1, -0.05) is 48.5 Å². The van der Waals surface area contributed by atoms with Gasteiger partial charge >= 0.3 is 0 Å². The molecule has 5 heteroatoms. The number of carbonyl (C=O) groups excluding carboxylic acids is 2. The van der Waals surface area contributed by atoms with E-state index in [2.05, 4.69) is 5.32 Å². The third-order valence-corrected chi connectivity index (χ3v) is 5.33. The van der Waals surface area contributed by atoms with E-state index < -0.39 is 5.91 Å². The molecular formula is C26H24N2O3. The minimum absolute atomic E-state index is 0.255. The summed E-state index contributed by atoms with van der Waals surface area (Å²) in [5.41, 5.74) is 4.73. The minimum Gasteiger partial charge on any atom is -0.492 e. The molecule has 4 rings (SSSR count). The van der Waals surface area contributed by atoms with Crippen LogP contribution in [0.2, 0.25) is 0 Å². The molecule has 0 unspecified atom stereocenters. The second kappa shape index (κ2) is 8.48. The molecule has 156 valence electrons. The monoisotopic (exact) mass is 412 g/mol. The van der Waals surface area contributed by atoms with E-state index in [9.17, 15) is 9.59 Å². The van der Waals surface area contributed by atoms with Gasteiger partial charge in [-0.25, -0.2) is 4.90 Å². The van der Waals surface area contributed by atoms with Crippen molar-refractivity contribution in [3.8, 4) is 5.75 Å². The molecule has 1 aliphatic rings. The van der Waals surface area contributed by atoms with Gasteiger partial charge in [0.15, 0.2) is 0 Å². The van der Waals surface area contributed by atoms with E-state index in [1.807, 2.05) is 75.4 Å². The van der Waals surface area contributed by atoms with E-state index in [4.69, 9.17) is 4.74 Å². The smallest absolute Gasteiger partial charge is 0.282 e. The van der Waals surface area contributed by atoms with Crippen molar-refractivity contribution in [3.05, 3.63) is 95.2 Å². The molecule has 0 radical (unpaired) electrons. The summed E-state index contributed by atoms with van der Waals surface area (Å²) in [5, 5.41) is 3.22. The first-order chi connectivity index (χ1) is 15.0. The highest BCUT2D eigenvalue weighted by Gasteiger charge is 2.41. The first-order valence-corrected chi connectivity index (χ1v) is 10.3. The Hall–Kier alpha value is -3.86. The number of hydrogen-bond acceptors (Lipinski definition) is 4. The first kappa shape index (κ1) is 20.4. The fourth-order valence-corrected chi connectivity index (χ4v) is 3.62. The molecule has 0 saturated heterocycles. The van der Waals surface area contributed by atoms with Crippen LogP contribution < -0.4 is 15.0 Å². The van der Waals surface area contributed by atoms with Gasteiger partial charge in [-0.2, -0.15) is 0 Å². The number of nitrogens with one attached hydrogen (secondary N) is 1. The maximum absolute atomic E-state index is 13.5. The fraction of sp³-hybridized carbons (Fsp3) is 0.154. The van der Waals surface area contributed by atoms with Gasteiger partial charge in [-0.15, -0.1) is 0 Å². The van der Waals surface area contributed by atoms with Crippen LogP contribution in [-0.4, -0.2) is 18.4 Å². The van der Waals surface area contributed by atoms with Crippen LogP contribution in [0.1, 0.15) is 23.6 Å². The van der Waals surface area contributed by atoms with E-state index in [0.29, 0.717) is 29.2 Å². The lowest BCUT2D eigenvalue weighted by molar-refractivity contribution is -0.120. The van der Waals surface area contributed by atoms with Crippen LogP contribution in [0.4, 0.5) is 11.4 Å². The normalized spacial score (nSPS) is 13.7. The summed E-state index contributed by atoms with van der Waals surface area (Å²) in [6.07, 6.45) is 0. The molecule has 0 fully saturated rings. The Kier molecular flexibility index (Phi) is 5.58. The summed E-state index contributed by atoms with van der Waals surface area (Å²) in [6.45, 7) is 6.34. The molecule has 5 nitrogen and oxygen atoms in total. The van der Waals surface area contributed by atoms with Crippen molar-refractivity contribution in [2.75, 3.05) is 16.8 Å². The number of benzene rings is 3. The summed E-state index contributed by atoms with van der Waals surface area (Å²) >= 11 is 0. The van der Waals surface area contributed by atoms with Crippen LogP contribution in [0.3, 0.4) is 0 Å². The zero-order chi connectivity index (χ0) is 22.0. The number of carbonyl (C=O) groups is 2. The molecule has 0 spiro atoms. The Balaban J connectivity index is 1.82. The average molecular weight is 412 g/mol. The lowest BCUT2D eigenvalue weighted by atomic mass is 10.0. The Labute approximate surface area is 182 Å². The molecule has 31 heavy (non-hydrogen) atoms. The number of anilines is 2. The highest BCUT2D eigenvalue weighted by atomic mass is 16.5. The quantitative estimate of drug-likeness (QED) is 0.573. The van der Waals surface area contributed by atoms with E-state index >= 15 is 0 Å². The molecule has 0 aliphatic carbocycles. The molecule has 1 aliphatic heterocycles. The second-order valence-corrected chi connectivity index (χ2v) is 7.39. The van der Waals surface area contributed by atoms with Crippen molar-refractivity contribution in [3.63, 3.8) is 0 Å². The van der Waals surface area contributed by atoms with Crippen LogP contribution in [-0.2, 0) is 9.59 Å². The van der Waals surface area contributed by atoms with Gasteiger partial charge in [0.25, 0.3) is 11.8 Å². The largest absolute Gasteiger partial charge is 0.492 e. The third kappa shape index (κ3) is 3.82. The molecule has 1 N–H and O–H groups in total. The number of para-hydroxylation sites is 2. The van der Waals surface area contributed by atoms with Crippen molar-refractivity contribution < 1.29 is 14.3 Å². The summed E-state index contributed by atoms with van der Waals surface area (Å²) in [7, 11) is 0. The fourth-order valence-electron chi connectivity index (χ4n) is 3.62. The molecular weight excluding hydrogens is 388 g/mol. The van der Waals surface area contributed by atoms with E-state index in [0.717, 1.165) is 16.8 Å². The number of aryl methyl sites for hydroxylation is 2. The predicted molar refractivity (Wildman–Crippen MR) is 123 cm³/mol. The number of imide groups is 1. The summed E-state index contributed by atoms with van der Waals surface area (Å²) < 4.78 is 5.68. The van der Waals surface area contributed by atoms with Crippen LogP contribution in [0, 0.1) is 13.8 Å². The number of hydrogen-bond donors (Lipinski definition) is 1. The molecule has 0 aromatic heterocycles. The maximum Gasteiger partial charge on any atom is 0.282 e. The number of nitrogens with zero attached hydrogens (tertiary/aromatic N) is 1. The molecule has 3 aromatic carbocycles. The van der Waals surface area contributed by atoms with Gasteiger partial charge in [0, 0.05) is 5.69 Å². The Morgan fingerprint density at radius 3 is 2.26 bits per heavy atom. The molecule has 0 saturated carbocycles. The molecule has 2 amide bonds. The van der Waals surface area contributed by atoms with E-state index in [1.54, 1.807) is 18.2 Å². The summed E-state index contributed by atoms with van der Waals surface area (Å²) in [5.74, 6) is -0.296. The van der Waals surface area contributed by atoms with Gasteiger partial charge < -0.3 is 10.1 Å². The van der Waals surface area contributed by atoms with Crippen molar-refractivity contribution in [1.29, 1.82) is 0 Å². The average Bonchev–Trinajstić information content (AvgIpc) is 3.01. The Morgan fingerprint density at radius 1 is 0.839 bits per heavy atom. The van der Waals surface area contributed by atoms with Gasteiger partial charge in [0.05, 0.1) is 17.9 Å². The maximum atomic E-state index is 13.5. The Bertz CT molecular complexity index is 1180. The third-order valence-electron chi connectivity index (χ3n) is 5.33. The summed E-state index contributed by atoms with van der Waals surface area (Å²) in [6, 6.07) is 22.2. The Morgan fingerprint density at radius 2 is 1.55 bits per heavy atom. The first-order valence-electron chi connectivity index (χ1n) is 10.3. The van der Waals surface area contributed by atoms with Crippen LogP contribution >= 0.6 is 0 Å². The van der Waals surface area contributed by atoms with Crippen LogP contribution in [0.5, 0.6) is 5.75 Å². The van der Waals surface area contributed by atoms with Crippen LogP contribution in [0.15, 0.2) is 78.5 Å². The summed E-state index contributed by atoms with van der Waals surface area (Å²) in [4.78, 5) is 28.3. The zero-order valence-corrected chi connectivity index (χ0v) is 17.8.